The average molecular weight is 353 g/mol. The summed E-state index contributed by atoms with van der Waals surface area (Å²) >= 11 is 6.09. The highest BCUT2D eigenvalue weighted by Crippen LogP contribution is 2.18. The number of carbonyl (C=O) groups excluding carboxylic acids is 1. The highest BCUT2D eigenvalue weighted by Gasteiger charge is 2.16. The molecule has 5 nitrogen and oxygen atoms in total. The van der Waals surface area contributed by atoms with Gasteiger partial charge in [0.2, 0.25) is 10.0 Å². The largest absolute Gasteiger partial charge is 0.337 e. The smallest absolute Gasteiger partial charge is 0.253 e. The lowest BCUT2D eigenvalue weighted by Crippen LogP contribution is -2.26. The Morgan fingerprint density at radius 3 is 2.30 bits per heavy atom. The van der Waals surface area contributed by atoms with E-state index in [0.717, 1.165) is 5.56 Å². The molecule has 7 heteroatoms. The standard InChI is InChI=1S/C16H17ClN2O3S/c1-18-23(21,22)14-9-7-12(8-10-14)16(20)19(2)11-13-5-3-4-6-15(13)17/h3-10,18H,11H2,1-2H3. The van der Waals surface area contributed by atoms with E-state index in [0.29, 0.717) is 17.1 Å². The maximum Gasteiger partial charge on any atom is 0.253 e. The molecule has 0 spiro atoms. The van der Waals surface area contributed by atoms with E-state index in [1.165, 1.54) is 36.2 Å². The number of halogens is 1. The second kappa shape index (κ2) is 7.12. The number of benzene rings is 2. The first-order valence-electron chi connectivity index (χ1n) is 6.87. The molecule has 23 heavy (non-hydrogen) atoms. The van der Waals surface area contributed by atoms with Crippen molar-refractivity contribution < 1.29 is 13.2 Å². The van der Waals surface area contributed by atoms with E-state index in [1.807, 2.05) is 18.2 Å². The van der Waals surface area contributed by atoms with E-state index in [4.69, 9.17) is 11.6 Å². The Labute approximate surface area is 140 Å². The maximum atomic E-state index is 12.4. The maximum absolute atomic E-state index is 12.4. The molecule has 0 fully saturated rings. The third kappa shape index (κ3) is 4.10. The zero-order valence-electron chi connectivity index (χ0n) is 12.8. The summed E-state index contributed by atoms with van der Waals surface area (Å²) in [6.07, 6.45) is 0. The zero-order valence-corrected chi connectivity index (χ0v) is 14.4. The van der Waals surface area contributed by atoms with Gasteiger partial charge in [-0.25, -0.2) is 13.1 Å². The highest BCUT2D eigenvalue weighted by molar-refractivity contribution is 7.89. The van der Waals surface area contributed by atoms with Gasteiger partial charge >= 0.3 is 0 Å². The molecule has 0 bridgehead atoms. The molecule has 0 aliphatic rings. The predicted molar refractivity (Wildman–Crippen MR) is 89.9 cm³/mol. The summed E-state index contributed by atoms with van der Waals surface area (Å²) in [5, 5.41) is 0.600. The van der Waals surface area contributed by atoms with Crippen LogP contribution in [0.3, 0.4) is 0 Å². The number of sulfonamides is 1. The summed E-state index contributed by atoms with van der Waals surface area (Å²) in [5.41, 5.74) is 1.26. The molecule has 0 aromatic heterocycles. The van der Waals surface area contributed by atoms with Gasteiger partial charge < -0.3 is 4.90 Å². The molecular formula is C16H17ClN2O3S. The highest BCUT2D eigenvalue weighted by atomic mass is 35.5. The topological polar surface area (TPSA) is 66.5 Å². The van der Waals surface area contributed by atoms with Crippen LogP contribution in [-0.4, -0.2) is 33.3 Å². The Morgan fingerprint density at radius 1 is 1.13 bits per heavy atom. The van der Waals surface area contributed by atoms with Crippen molar-refractivity contribution in [3.05, 3.63) is 64.7 Å². The van der Waals surface area contributed by atoms with Gasteiger partial charge in [-0.05, 0) is 42.9 Å². The molecule has 2 aromatic rings. The number of nitrogens with one attached hydrogen (secondary N) is 1. The summed E-state index contributed by atoms with van der Waals surface area (Å²) < 4.78 is 25.6. The summed E-state index contributed by atoms with van der Waals surface area (Å²) in [4.78, 5) is 14.1. The molecule has 0 atom stereocenters. The van der Waals surface area contributed by atoms with Crippen molar-refractivity contribution in [3.8, 4) is 0 Å². The predicted octanol–water partition coefficient (Wildman–Crippen LogP) is 2.52. The van der Waals surface area contributed by atoms with Gasteiger partial charge in [-0.3, -0.25) is 4.79 Å². The first kappa shape index (κ1) is 17.5. The van der Waals surface area contributed by atoms with Gasteiger partial charge in [0.1, 0.15) is 0 Å². The van der Waals surface area contributed by atoms with Crippen molar-refractivity contribution in [2.24, 2.45) is 0 Å². The van der Waals surface area contributed by atoms with Crippen LogP contribution in [0.25, 0.3) is 0 Å². The van der Waals surface area contributed by atoms with Crippen molar-refractivity contribution >= 4 is 27.5 Å². The fourth-order valence-corrected chi connectivity index (χ4v) is 2.99. The number of nitrogens with zero attached hydrogens (tertiary/aromatic N) is 1. The molecule has 0 saturated carbocycles. The second-order valence-corrected chi connectivity index (χ2v) is 7.28. The fourth-order valence-electron chi connectivity index (χ4n) is 2.07. The van der Waals surface area contributed by atoms with Crippen LogP contribution in [0, 0.1) is 0 Å². The number of hydrogen-bond acceptors (Lipinski definition) is 3. The normalized spacial score (nSPS) is 11.3. The molecule has 122 valence electrons. The lowest BCUT2D eigenvalue weighted by atomic mass is 10.1. The molecule has 0 aliphatic carbocycles. The van der Waals surface area contributed by atoms with E-state index in [1.54, 1.807) is 13.1 Å². The van der Waals surface area contributed by atoms with Gasteiger partial charge in [0.25, 0.3) is 5.91 Å². The molecule has 2 rings (SSSR count). The minimum Gasteiger partial charge on any atom is -0.337 e. The molecule has 0 aliphatic heterocycles. The van der Waals surface area contributed by atoms with Crippen LogP contribution in [0.4, 0.5) is 0 Å². The minimum atomic E-state index is -3.51. The average Bonchev–Trinajstić information content (AvgIpc) is 2.56. The van der Waals surface area contributed by atoms with E-state index in [-0.39, 0.29) is 10.8 Å². The molecule has 0 heterocycles. The van der Waals surface area contributed by atoms with Gasteiger partial charge in [0.05, 0.1) is 4.90 Å². The first-order valence-corrected chi connectivity index (χ1v) is 8.74. The molecule has 1 N–H and O–H groups in total. The van der Waals surface area contributed by atoms with Crippen molar-refractivity contribution in [1.82, 2.24) is 9.62 Å². The van der Waals surface area contributed by atoms with Gasteiger partial charge in [0, 0.05) is 24.2 Å². The molecule has 1 amide bonds. The van der Waals surface area contributed by atoms with Crippen molar-refractivity contribution in [1.29, 1.82) is 0 Å². The Morgan fingerprint density at radius 2 is 1.74 bits per heavy atom. The van der Waals surface area contributed by atoms with E-state index in [2.05, 4.69) is 4.72 Å². The fraction of sp³-hybridized carbons (Fsp3) is 0.188. The number of carbonyl (C=O) groups is 1. The summed E-state index contributed by atoms with van der Waals surface area (Å²) in [6.45, 7) is 0.370. The quantitative estimate of drug-likeness (QED) is 0.899. The van der Waals surface area contributed by atoms with Crippen molar-refractivity contribution in [2.45, 2.75) is 11.4 Å². The van der Waals surface area contributed by atoms with Crippen molar-refractivity contribution in [3.63, 3.8) is 0 Å². The van der Waals surface area contributed by atoms with Gasteiger partial charge in [-0.2, -0.15) is 0 Å². The first-order chi connectivity index (χ1) is 10.8. The Bertz CT molecular complexity index is 804. The van der Waals surface area contributed by atoms with E-state index in [9.17, 15) is 13.2 Å². The van der Waals surface area contributed by atoms with Crippen LogP contribution in [-0.2, 0) is 16.6 Å². The lowest BCUT2D eigenvalue weighted by Gasteiger charge is -2.18. The van der Waals surface area contributed by atoms with Crippen LogP contribution < -0.4 is 4.72 Å². The Kier molecular flexibility index (Phi) is 5.41. The third-order valence-electron chi connectivity index (χ3n) is 3.39. The molecular weight excluding hydrogens is 336 g/mol. The SMILES string of the molecule is CNS(=O)(=O)c1ccc(C(=O)N(C)Cc2ccccc2Cl)cc1. The van der Waals surface area contributed by atoms with Gasteiger partial charge in [0.15, 0.2) is 0 Å². The van der Waals surface area contributed by atoms with E-state index >= 15 is 0 Å². The third-order valence-corrected chi connectivity index (χ3v) is 5.19. The Balaban J connectivity index is 2.15. The lowest BCUT2D eigenvalue weighted by molar-refractivity contribution is 0.0785. The van der Waals surface area contributed by atoms with Crippen LogP contribution in [0.15, 0.2) is 53.4 Å². The number of amides is 1. The van der Waals surface area contributed by atoms with Crippen LogP contribution >= 0.6 is 11.6 Å². The van der Waals surface area contributed by atoms with Gasteiger partial charge in [-0.1, -0.05) is 29.8 Å². The van der Waals surface area contributed by atoms with Crippen LogP contribution in [0.5, 0.6) is 0 Å². The number of hydrogen-bond donors (Lipinski definition) is 1. The van der Waals surface area contributed by atoms with E-state index < -0.39 is 10.0 Å². The second-order valence-electron chi connectivity index (χ2n) is 4.98. The zero-order chi connectivity index (χ0) is 17.0. The summed E-state index contributed by atoms with van der Waals surface area (Å²) in [5.74, 6) is -0.210. The number of rotatable bonds is 5. The molecule has 0 saturated heterocycles. The van der Waals surface area contributed by atoms with Crippen molar-refractivity contribution in [2.75, 3.05) is 14.1 Å². The summed E-state index contributed by atoms with van der Waals surface area (Å²) in [6, 6.07) is 13.1. The molecule has 2 aromatic carbocycles. The molecule has 0 unspecified atom stereocenters. The van der Waals surface area contributed by atoms with Crippen LogP contribution in [0.2, 0.25) is 5.02 Å². The summed E-state index contributed by atoms with van der Waals surface area (Å²) in [7, 11) is -0.498. The van der Waals surface area contributed by atoms with Crippen LogP contribution in [0.1, 0.15) is 15.9 Å². The monoisotopic (exact) mass is 352 g/mol. The molecule has 0 radical (unpaired) electrons. The van der Waals surface area contributed by atoms with Gasteiger partial charge in [-0.15, -0.1) is 0 Å². The minimum absolute atomic E-state index is 0.116. The Hall–Kier alpha value is -1.89.